The van der Waals surface area contributed by atoms with Gasteiger partial charge in [0.1, 0.15) is 18.5 Å². The molecule has 33 heavy (non-hydrogen) atoms. The third kappa shape index (κ3) is 4.41. The number of ether oxygens (including phenoxy) is 1. The van der Waals surface area contributed by atoms with Gasteiger partial charge in [-0.25, -0.2) is 5.48 Å². The molecule has 0 bridgehead atoms. The monoisotopic (exact) mass is 446 g/mol. The maximum atomic E-state index is 11.9. The maximum absolute atomic E-state index is 11.9. The van der Waals surface area contributed by atoms with E-state index < -0.39 is 5.91 Å². The minimum Gasteiger partial charge on any atom is -0.489 e. The van der Waals surface area contributed by atoms with Gasteiger partial charge in [0.15, 0.2) is 0 Å². The fraction of sp³-hybridized carbons (Fsp3) is 0.280. The lowest BCUT2D eigenvalue weighted by Crippen LogP contribution is -2.37. The first-order valence-electron chi connectivity index (χ1n) is 11.0. The average Bonchev–Trinajstić information content (AvgIpc) is 3.52. The molecule has 3 heterocycles. The second-order valence-electron chi connectivity index (χ2n) is 8.42. The molecule has 2 aliphatic rings. The number of fused-ring (bicyclic) bond motifs is 1. The van der Waals surface area contributed by atoms with Gasteiger partial charge in [-0.2, -0.15) is 0 Å². The molecular weight excluding hydrogens is 420 g/mol. The number of benzene rings is 2. The number of pyridine rings is 1. The summed E-state index contributed by atoms with van der Waals surface area (Å²) in [4.78, 5) is 22.2. The van der Waals surface area contributed by atoms with Crippen LogP contribution in [0.15, 0.2) is 60.7 Å². The van der Waals surface area contributed by atoms with E-state index >= 15 is 0 Å². The first kappa shape index (κ1) is 21.4. The van der Waals surface area contributed by atoms with Crippen molar-refractivity contribution in [2.24, 2.45) is 11.8 Å². The van der Waals surface area contributed by atoms with E-state index in [0.717, 1.165) is 39.2 Å². The Bertz CT molecular complexity index is 1190. The van der Waals surface area contributed by atoms with Crippen molar-refractivity contribution in [3.63, 3.8) is 0 Å². The number of nitrogens with zero attached hydrogens (tertiary/aromatic N) is 1. The van der Waals surface area contributed by atoms with Gasteiger partial charge in [-0.05, 0) is 55.0 Å². The van der Waals surface area contributed by atoms with Crippen LogP contribution in [0.2, 0.25) is 0 Å². The molecule has 3 aromatic rings. The highest BCUT2D eigenvalue weighted by molar-refractivity contribution is 5.82. The van der Waals surface area contributed by atoms with Crippen LogP contribution in [0.3, 0.4) is 0 Å². The van der Waals surface area contributed by atoms with Crippen LogP contribution in [0, 0.1) is 18.8 Å². The molecule has 1 unspecified atom stereocenters. The van der Waals surface area contributed by atoms with Crippen molar-refractivity contribution in [1.82, 2.24) is 21.3 Å². The first-order valence-corrected chi connectivity index (χ1v) is 11.0. The number of hydrogen-bond acceptors (Lipinski definition) is 7. The molecule has 0 radical (unpaired) electrons. The Morgan fingerprint density at radius 3 is 2.85 bits per heavy atom. The SMILES string of the molecule is Cc1cc(COc2ccc(C3=CC([C@@H]4CNC[C@@H]4C(=O)NO)ON3)cc2)c2ccccc2n1. The van der Waals surface area contributed by atoms with E-state index in [-0.39, 0.29) is 17.9 Å². The molecule has 170 valence electrons. The van der Waals surface area contributed by atoms with Crippen molar-refractivity contribution >= 4 is 22.5 Å². The van der Waals surface area contributed by atoms with E-state index in [1.807, 2.05) is 55.5 Å². The molecule has 2 aliphatic heterocycles. The van der Waals surface area contributed by atoms with Crippen molar-refractivity contribution in [3.05, 3.63) is 77.5 Å². The van der Waals surface area contributed by atoms with Crippen LogP contribution < -0.4 is 21.0 Å². The Balaban J connectivity index is 1.26. The fourth-order valence-electron chi connectivity index (χ4n) is 4.55. The number of hydroxylamine groups is 2. The van der Waals surface area contributed by atoms with E-state index in [4.69, 9.17) is 14.8 Å². The summed E-state index contributed by atoms with van der Waals surface area (Å²) in [7, 11) is 0. The predicted octanol–water partition coefficient (Wildman–Crippen LogP) is 2.71. The van der Waals surface area contributed by atoms with Crippen molar-refractivity contribution < 1.29 is 19.6 Å². The van der Waals surface area contributed by atoms with Crippen LogP contribution >= 0.6 is 0 Å². The molecule has 5 rings (SSSR count). The minimum atomic E-state index is -0.394. The molecule has 1 aromatic heterocycles. The number of carbonyl (C=O) groups is 1. The summed E-state index contributed by atoms with van der Waals surface area (Å²) < 4.78 is 6.05. The predicted molar refractivity (Wildman–Crippen MR) is 123 cm³/mol. The van der Waals surface area contributed by atoms with Crippen molar-refractivity contribution in [2.75, 3.05) is 13.1 Å². The number of aromatic nitrogens is 1. The molecule has 0 saturated carbocycles. The van der Waals surface area contributed by atoms with Gasteiger partial charge in [-0.1, -0.05) is 18.2 Å². The third-order valence-electron chi connectivity index (χ3n) is 6.26. The second kappa shape index (κ2) is 9.19. The van der Waals surface area contributed by atoms with Crippen LogP contribution in [-0.2, 0) is 16.2 Å². The Hall–Kier alpha value is -3.46. The summed E-state index contributed by atoms with van der Waals surface area (Å²) in [6, 6.07) is 17.9. The van der Waals surface area contributed by atoms with Gasteiger partial charge in [0, 0.05) is 35.7 Å². The molecular formula is C25H26N4O4. The highest BCUT2D eigenvalue weighted by Gasteiger charge is 2.40. The summed E-state index contributed by atoms with van der Waals surface area (Å²) in [5.41, 5.74) is 9.57. The zero-order valence-electron chi connectivity index (χ0n) is 18.2. The van der Waals surface area contributed by atoms with Gasteiger partial charge in [0.25, 0.3) is 0 Å². The van der Waals surface area contributed by atoms with Gasteiger partial charge in [-0.15, -0.1) is 0 Å². The van der Waals surface area contributed by atoms with Gasteiger partial charge < -0.3 is 10.1 Å². The van der Waals surface area contributed by atoms with Crippen molar-refractivity contribution in [3.8, 4) is 5.75 Å². The number of aryl methyl sites for hydroxylation is 1. The number of carbonyl (C=O) groups excluding carboxylic acids is 1. The van der Waals surface area contributed by atoms with Crippen LogP contribution in [0.5, 0.6) is 5.75 Å². The molecule has 0 spiro atoms. The molecule has 0 aliphatic carbocycles. The lowest BCUT2D eigenvalue weighted by Gasteiger charge is -2.20. The first-order chi connectivity index (χ1) is 16.1. The second-order valence-corrected chi connectivity index (χ2v) is 8.42. The molecule has 8 nitrogen and oxygen atoms in total. The maximum Gasteiger partial charge on any atom is 0.248 e. The Morgan fingerprint density at radius 2 is 2.03 bits per heavy atom. The molecule has 2 aromatic carbocycles. The Morgan fingerprint density at radius 1 is 1.21 bits per heavy atom. The van der Waals surface area contributed by atoms with Crippen LogP contribution in [0.4, 0.5) is 0 Å². The van der Waals surface area contributed by atoms with Crippen LogP contribution in [0.1, 0.15) is 16.8 Å². The lowest BCUT2D eigenvalue weighted by atomic mass is 9.89. The van der Waals surface area contributed by atoms with Crippen molar-refractivity contribution in [2.45, 2.75) is 19.6 Å². The molecule has 8 heteroatoms. The smallest absolute Gasteiger partial charge is 0.248 e. The van der Waals surface area contributed by atoms with Crippen LogP contribution in [-0.4, -0.2) is 35.3 Å². The van der Waals surface area contributed by atoms with Gasteiger partial charge in [0.05, 0.1) is 17.1 Å². The normalized spacial score (nSPS) is 22.1. The number of nitrogens with one attached hydrogen (secondary N) is 3. The Labute approximate surface area is 191 Å². The molecule has 1 fully saturated rings. The summed E-state index contributed by atoms with van der Waals surface area (Å²) >= 11 is 0. The minimum absolute atomic E-state index is 0.0663. The molecule has 4 N–H and O–H groups in total. The van der Waals surface area contributed by atoms with E-state index in [2.05, 4.69) is 27.9 Å². The van der Waals surface area contributed by atoms with E-state index in [1.54, 1.807) is 5.48 Å². The largest absolute Gasteiger partial charge is 0.489 e. The number of hydrogen-bond donors (Lipinski definition) is 4. The zero-order chi connectivity index (χ0) is 22.8. The third-order valence-corrected chi connectivity index (χ3v) is 6.26. The molecule has 1 saturated heterocycles. The van der Waals surface area contributed by atoms with E-state index in [1.165, 1.54) is 0 Å². The summed E-state index contributed by atoms with van der Waals surface area (Å²) in [5.74, 6) is -0.0355. The topological polar surface area (TPSA) is 105 Å². The highest BCUT2D eigenvalue weighted by atomic mass is 16.7. The molecule has 3 atom stereocenters. The zero-order valence-corrected chi connectivity index (χ0v) is 18.2. The van der Waals surface area contributed by atoms with Gasteiger partial charge in [-0.3, -0.25) is 25.3 Å². The van der Waals surface area contributed by atoms with Gasteiger partial charge >= 0.3 is 0 Å². The van der Waals surface area contributed by atoms with Gasteiger partial charge in [0.2, 0.25) is 5.91 Å². The van der Waals surface area contributed by atoms with E-state index in [0.29, 0.717) is 19.7 Å². The van der Waals surface area contributed by atoms with Crippen molar-refractivity contribution in [1.29, 1.82) is 0 Å². The number of para-hydroxylation sites is 1. The highest BCUT2D eigenvalue weighted by Crippen LogP contribution is 2.30. The van der Waals surface area contributed by atoms with Crippen LogP contribution in [0.25, 0.3) is 16.6 Å². The average molecular weight is 447 g/mol. The quantitative estimate of drug-likeness (QED) is 0.341. The number of amides is 1. The summed E-state index contributed by atoms with van der Waals surface area (Å²) in [5, 5.41) is 13.3. The summed E-state index contributed by atoms with van der Waals surface area (Å²) in [6.45, 7) is 3.60. The summed E-state index contributed by atoms with van der Waals surface area (Å²) in [6.07, 6.45) is 1.72. The van der Waals surface area contributed by atoms with E-state index in [9.17, 15) is 4.79 Å². The standard InChI is InChI=1S/C25H26N4O4/c1-15-10-17(19-4-2-3-5-22(19)27-15)14-32-18-8-6-16(7-9-18)23-11-24(33-29-23)20-12-26-13-21(20)25(30)28-31/h2-11,20-21,24,26,29,31H,12-14H2,1H3,(H,28,30)/t20-,21+,24?/m1/s1. The fourth-order valence-corrected chi connectivity index (χ4v) is 4.55. The number of rotatable bonds is 6. The Kier molecular flexibility index (Phi) is 5.95. The lowest BCUT2D eigenvalue weighted by molar-refractivity contribution is -0.135. The molecule has 1 amide bonds.